The molecule has 1 atom stereocenters. The highest BCUT2D eigenvalue weighted by atomic mass is 16.5. The Morgan fingerprint density at radius 2 is 1.90 bits per heavy atom. The van der Waals surface area contributed by atoms with Gasteiger partial charge in [0.1, 0.15) is 0 Å². The first-order valence-corrected chi connectivity index (χ1v) is 7.98. The van der Waals surface area contributed by atoms with Gasteiger partial charge in [-0.3, -0.25) is 4.90 Å². The zero-order valence-electron chi connectivity index (χ0n) is 13.1. The Morgan fingerprint density at radius 3 is 2.62 bits per heavy atom. The number of methoxy groups -OCH3 is 2. The number of hydrogen-bond acceptors (Lipinski definition) is 4. The maximum absolute atomic E-state index is 5.39. The van der Waals surface area contributed by atoms with Crippen molar-refractivity contribution < 1.29 is 9.47 Å². The van der Waals surface area contributed by atoms with Gasteiger partial charge in [0.25, 0.3) is 0 Å². The predicted octanol–water partition coefficient (Wildman–Crippen LogP) is 2.42. The maximum Gasteiger partial charge on any atom is 0.161 e. The summed E-state index contributed by atoms with van der Waals surface area (Å²) >= 11 is 0. The van der Waals surface area contributed by atoms with E-state index in [1.807, 2.05) is 6.07 Å². The van der Waals surface area contributed by atoms with Gasteiger partial charge < -0.3 is 14.8 Å². The number of nitrogens with zero attached hydrogens (tertiary/aromatic N) is 1. The molecular weight excluding hydrogens is 264 g/mol. The first-order valence-electron chi connectivity index (χ1n) is 7.98. The fourth-order valence-corrected chi connectivity index (χ4v) is 3.16. The minimum absolute atomic E-state index is 0.673. The van der Waals surface area contributed by atoms with Crippen molar-refractivity contribution in [1.82, 2.24) is 10.2 Å². The summed E-state index contributed by atoms with van der Waals surface area (Å²) in [5, 5.41) is 3.76. The second-order valence-corrected chi connectivity index (χ2v) is 6.20. The van der Waals surface area contributed by atoms with Crippen molar-refractivity contribution in [2.45, 2.75) is 44.3 Å². The van der Waals surface area contributed by atoms with Gasteiger partial charge in [0.2, 0.25) is 0 Å². The van der Waals surface area contributed by atoms with Gasteiger partial charge in [0.15, 0.2) is 11.5 Å². The van der Waals surface area contributed by atoms with E-state index >= 15 is 0 Å². The van der Waals surface area contributed by atoms with Crippen LogP contribution in [0.15, 0.2) is 18.2 Å². The number of nitrogens with one attached hydrogen (secondary N) is 1. The highest BCUT2D eigenvalue weighted by molar-refractivity contribution is 5.42. The van der Waals surface area contributed by atoms with Crippen molar-refractivity contribution in [3.8, 4) is 11.5 Å². The molecule has 1 saturated carbocycles. The van der Waals surface area contributed by atoms with Gasteiger partial charge in [-0.1, -0.05) is 6.07 Å². The molecule has 21 heavy (non-hydrogen) atoms. The molecule has 3 rings (SSSR count). The summed E-state index contributed by atoms with van der Waals surface area (Å²) in [7, 11) is 3.37. The molecule has 1 N–H and O–H groups in total. The lowest BCUT2D eigenvalue weighted by Gasteiger charge is -2.33. The third-order valence-corrected chi connectivity index (χ3v) is 4.41. The third kappa shape index (κ3) is 3.89. The van der Waals surface area contributed by atoms with E-state index in [1.54, 1.807) is 14.2 Å². The van der Waals surface area contributed by atoms with E-state index in [0.29, 0.717) is 6.04 Å². The topological polar surface area (TPSA) is 33.7 Å². The fraction of sp³-hybridized carbons (Fsp3) is 0.647. The van der Waals surface area contributed by atoms with E-state index in [1.165, 1.54) is 37.8 Å². The summed E-state index contributed by atoms with van der Waals surface area (Å²) in [6.45, 7) is 3.34. The maximum atomic E-state index is 5.39. The molecule has 4 nitrogen and oxygen atoms in total. The second-order valence-electron chi connectivity index (χ2n) is 6.20. The van der Waals surface area contributed by atoms with Crippen LogP contribution in [0.1, 0.15) is 31.2 Å². The zero-order valence-corrected chi connectivity index (χ0v) is 13.1. The molecule has 116 valence electrons. The highest BCUT2D eigenvalue weighted by Gasteiger charge is 2.27. The quantitative estimate of drug-likeness (QED) is 0.872. The molecule has 1 aliphatic carbocycles. The van der Waals surface area contributed by atoms with Gasteiger partial charge in [0.05, 0.1) is 14.2 Å². The molecule has 1 aromatic carbocycles. The van der Waals surface area contributed by atoms with Crippen molar-refractivity contribution in [3.05, 3.63) is 23.8 Å². The van der Waals surface area contributed by atoms with Crippen LogP contribution in [0.2, 0.25) is 0 Å². The summed E-state index contributed by atoms with van der Waals surface area (Å²) in [4.78, 5) is 2.55. The average Bonchev–Trinajstić information content (AvgIpc) is 3.31. The number of hydrogen-bond donors (Lipinski definition) is 1. The Bertz CT molecular complexity index is 474. The van der Waals surface area contributed by atoms with Crippen LogP contribution >= 0.6 is 0 Å². The SMILES string of the molecule is COc1ccc(CN2CCCC(NC3CC3)C2)cc1OC. The van der Waals surface area contributed by atoms with E-state index in [4.69, 9.17) is 9.47 Å². The average molecular weight is 290 g/mol. The molecule has 0 aromatic heterocycles. The van der Waals surface area contributed by atoms with Crippen molar-refractivity contribution >= 4 is 0 Å². The van der Waals surface area contributed by atoms with Gasteiger partial charge in [-0.2, -0.15) is 0 Å². The van der Waals surface area contributed by atoms with E-state index < -0.39 is 0 Å². The van der Waals surface area contributed by atoms with Crippen LogP contribution in [0.4, 0.5) is 0 Å². The fourth-order valence-electron chi connectivity index (χ4n) is 3.16. The standard InChI is InChI=1S/C17H26N2O2/c1-20-16-8-5-13(10-17(16)21-2)11-19-9-3-4-15(12-19)18-14-6-7-14/h5,8,10,14-15,18H,3-4,6-7,9,11-12H2,1-2H3. The van der Waals surface area contributed by atoms with Gasteiger partial charge in [0, 0.05) is 25.2 Å². The van der Waals surface area contributed by atoms with Crippen molar-refractivity contribution in [2.75, 3.05) is 27.3 Å². The van der Waals surface area contributed by atoms with E-state index in [9.17, 15) is 0 Å². The number of likely N-dealkylation sites (tertiary alicyclic amines) is 1. The molecule has 0 amide bonds. The van der Waals surface area contributed by atoms with Crippen LogP contribution in [0.25, 0.3) is 0 Å². The normalized spacial score (nSPS) is 23.0. The smallest absolute Gasteiger partial charge is 0.161 e. The van der Waals surface area contributed by atoms with Gasteiger partial charge in [-0.05, 0) is 49.9 Å². The summed E-state index contributed by atoms with van der Waals surface area (Å²) in [5.41, 5.74) is 1.29. The number of rotatable bonds is 6. The van der Waals surface area contributed by atoms with Gasteiger partial charge >= 0.3 is 0 Å². The monoisotopic (exact) mass is 290 g/mol. The summed E-state index contributed by atoms with van der Waals surface area (Å²) in [6.07, 6.45) is 5.34. The third-order valence-electron chi connectivity index (χ3n) is 4.41. The van der Waals surface area contributed by atoms with Crippen LogP contribution < -0.4 is 14.8 Å². The largest absolute Gasteiger partial charge is 0.493 e. The second kappa shape index (κ2) is 6.67. The predicted molar refractivity (Wildman–Crippen MR) is 84.0 cm³/mol. The molecule has 2 fully saturated rings. The van der Waals surface area contributed by atoms with Crippen molar-refractivity contribution in [1.29, 1.82) is 0 Å². The molecule has 1 unspecified atom stereocenters. The summed E-state index contributed by atoms with van der Waals surface area (Å²) in [5.74, 6) is 1.62. The van der Waals surface area contributed by atoms with Crippen LogP contribution in [-0.4, -0.2) is 44.3 Å². The van der Waals surface area contributed by atoms with E-state index in [2.05, 4.69) is 22.3 Å². The Labute approximate surface area is 127 Å². The summed E-state index contributed by atoms with van der Waals surface area (Å²) in [6, 6.07) is 7.70. The van der Waals surface area contributed by atoms with Crippen LogP contribution in [0.3, 0.4) is 0 Å². The van der Waals surface area contributed by atoms with Crippen LogP contribution in [0, 0.1) is 0 Å². The molecule has 1 heterocycles. The zero-order chi connectivity index (χ0) is 14.7. The molecule has 1 aromatic rings. The Balaban J connectivity index is 1.59. The van der Waals surface area contributed by atoms with Crippen molar-refractivity contribution in [3.63, 3.8) is 0 Å². The van der Waals surface area contributed by atoms with Crippen molar-refractivity contribution in [2.24, 2.45) is 0 Å². The molecule has 0 spiro atoms. The lowest BCUT2D eigenvalue weighted by Crippen LogP contribution is -2.46. The lowest BCUT2D eigenvalue weighted by atomic mass is 10.0. The molecule has 1 aliphatic heterocycles. The Hall–Kier alpha value is -1.26. The number of benzene rings is 1. The highest BCUT2D eigenvalue weighted by Crippen LogP contribution is 2.28. The Kier molecular flexibility index (Phi) is 4.66. The summed E-state index contributed by atoms with van der Waals surface area (Å²) < 4.78 is 10.7. The van der Waals surface area contributed by atoms with Gasteiger partial charge in [-0.25, -0.2) is 0 Å². The van der Waals surface area contributed by atoms with Gasteiger partial charge in [-0.15, -0.1) is 0 Å². The van der Waals surface area contributed by atoms with E-state index in [0.717, 1.165) is 30.6 Å². The molecule has 4 heteroatoms. The molecule has 0 radical (unpaired) electrons. The number of piperidine rings is 1. The minimum Gasteiger partial charge on any atom is -0.493 e. The molecular formula is C17H26N2O2. The number of ether oxygens (including phenoxy) is 2. The minimum atomic E-state index is 0.673. The molecule has 2 aliphatic rings. The lowest BCUT2D eigenvalue weighted by molar-refractivity contribution is 0.182. The molecule has 0 bridgehead atoms. The first-order chi connectivity index (χ1) is 10.3. The van der Waals surface area contributed by atoms with Crippen LogP contribution in [-0.2, 0) is 6.54 Å². The Morgan fingerprint density at radius 1 is 1.10 bits per heavy atom. The van der Waals surface area contributed by atoms with E-state index in [-0.39, 0.29) is 0 Å². The van der Waals surface area contributed by atoms with Crippen LogP contribution in [0.5, 0.6) is 11.5 Å². The first kappa shape index (κ1) is 14.7. The molecule has 1 saturated heterocycles.